The molecule has 0 bridgehead atoms. The van der Waals surface area contributed by atoms with E-state index in [0.717, 1.165) is 0 Å². The average molecular weight is 280 g/mol. The third-order valence-electron chi connectivity index (χ3n) is 2.61. The Labute approximate surface area is 113 Å². The summed E-state index contributed by atoms with van der Waals surface area (Å²) in [6.07, 6.45) is 0. The lowest BCUT2D eigenvalue weighted by Crippen LogP contribution is -2.29. The zero-order valence-corrected chi connectivity index (χ0v) is 10.4. The molecule has 2 aromatic rings. The SMILES string of the molecule is O=C(O)CNC(=O)c1cc(Cl)c2ccccc2c1O. The molecule has 0 heterocycles. The number of halogens is 1. The van der Waals surface area contributed by atoms with Gasteiger partial charge in [-0.1, -0.05) is 35.9 Å². The second kappa shape index (κ2) is 5.16. The summed E-state index contributed by atoms with van der Waals surface area (Å²) in [5.74, 6) is -2.07. The van der Waals surface area contributed by atoms with Crippen molar-refractivity contribution in [2.75, 3.05) is 6.54 Å². The minimum absolute atomic E-state index is 0.0510. The van der Waals surface area contributed by atoms with E-state index in [4.69, 9.17) is 16.7 Å². The van der Waals surface area contributed by atoms with Crippen LogP contribution in [0.5, 0.6) is 5.75 Å². The monoisotopic (exact) mass is 279 g/mol. The Kier molecular flexibility index (Phi) is 3.57. The first-order valence-electron chi connectivity index (χ1n) is 5.41. The molecule has 0 saturated heterocycles. The van der Waals surface area contributed by atoms with Crippen LogP contribution in [0.3, 0.4) is 0 Å². The maximum atomic E-state index is 11.8. The Bertz CT molecular complexity index is 669. The number of phenolic OH excluding ortho intramolecular Hbond substituents is 1. The highest BCUT2D eigenvalue weighted by Crippen LogP contribution is 2.34. The van der Waals surface area contributed by atoms with Crippen LogP contribution in [0.25, 0.3) is 10.8 Å². The summed E-state index contributed by atoms with van der Waals surface area (Å²) in [7, 11) is 0. The van der Waals surface area contributed by atoms with Crippen molar-refractivity contribution in [3.63, 3.8) is 0 Å². The Balaban J connectivity index is 2.47. The second-order valence-corrected chi connectivity index (χ2v) is 4.28. The number of aromatic hydroxyl groups is 1. The Morgan fingerprint density at radius 2 is 1.84 bits per heavy atom. The van der Waals surface area contributed by atoms with Gasteiger partial charge in [-0.25, -0.2) is 0 Å². The van der Waals surface area contributed by atoms with Gasteiger partial charge in [0.25, 0.3) is 5.91 Å². The van der Waals surface area contributed by atoms with Crippen molar-refractivity contribution in [1.29, 1.82) is 0 Å². The summed E-state index contributed by atoms with van der Waals surface area (Å²) in [4.78, 5) is 22.2. The molecule has 5 nitrogen and oxygen atoms in total. The van der Waals surface area contributed by atoms with E-state index in [1.807, 2.05) is 0 Å². The molecule has 2 aromatic carbocycles. The lowest BCUT2D eigenvalue weighted by atomic mass is 10.0. The first-order valence-corrected chi connectivity index (χ1v) is 5.78. The molecule has 3 N–H and O–H groups in total. The molecule has 1 amide bonds. The number of carboxylic acid groups (broad SMARTS) is 1. The first kappa shape index (κ1) is 13.2. The number of rotatable bonds is 3. The van der Waals surface area contributed by atoms with Crippen LogP contribution in [0, 0.1) is 0 Å². The van der Waals surface area contributed by atoms with Crippen molar-refractivity contribution in [3.8, 4) is 5.75 Å². The van der Waals surface area contributed by atoms with Crippen LogP contribution in [-0.4, -0.2) is 28.6 Å². The fourth-order valence-electron chi connectivity index (χ4n) is 1.74. The van der Waals surface area contributed by atoms with Gasteiger partial charge in [0, 0.05) is 15.8 Å². The number of benzene rings is 2. The molecule has 0 aliphatic heterocycles. The molecule has 0 unspecified atom stereocenters. The fourth-order valence-corrected chi connectivity index (χ4v) is 2.01. The summed E-state index contributed by atoms with van der Waals surface area (Å²) in [5, 5.41) is 22.1. The van der Waals surface area contributed by atoms with Gasteiger partial charge < -0.3 is 15.5 Å². The van der Waals surface area contributed by atoms with Gasteiger partial charge >= 0.3 is 5.97 Å². The van der Waals surface area contributed by atoms with Gasteiger partial charge in [-0.3, -0.25) is 9.59 Å². The van der Waals surface area contributed by atoms with E-state index in [9.17, 15) is 14.7 Å². The van der Waals surface area contributed by atoms with Crippen molar-refractivity contribution in [1.82, 2.24) is 5.32 Å². The zero-order valence-electron chi connectivity index (χ0n) is 9.68. The summed E-state index contributed by atoms with van der Waals surface area (Å²) in [6, 6.07) is 8.13. The molecule has 19 heavy (non-hydrogen) atoms. The molecule has 0 spiro atoms. The highest BCUT2D eigenvalue weighted by atomic mass is 35.5. The first-order chi connectivity index (χ1) is 9.00. The quantitative estimate of drug-likeness (QED) is 0.802. The maximum absolute atomic E-state index is 11.8. The smallest absolute Gasteiger partial charge is 0.322 e. The molecule has 0 fully saturated rings. The molecule has 0 saturated carbocycles. The average Bonchev–Trinajstić information content (AvgIpc) is 2.40. The number of carboxylic acids is 1. The zero-order chi connectivity index (χ0) is 14.0. The van der Waals surface area contributed by atoms with Crippen LogP contribution in [0.1, 0.15) is 10.4 Å². The Morgan fingerprint density at radius 1 is 1.21 bits per heavy atom. The van der Waals surface area contributed by atoms with Gasteiger partial charge in [0.1, 0.15) is 12.3 Å². The second-order valence-electron chi connectivity index (χ2n) is 3.88. The number of carbonyl (C=O) groups excluding carboxylic acids is 1. The number of nitrogens with one attached hydrogen (secondary N) is 1. The van der Waals surface area contributed by atoms with Crippen molar-refractivity contribution >= 4 is 34.2 Å². The van der Waals surface area contributed by atoms with Crippen LogP contribution < -0.4 is 5.32 Å². The number of aliphatic carboxylic acids is 1. The number of hydrogen-bond acceptors (Lipinski definition) is 3. The molecule has 0 aliphatic carbocycles. The van der Waals surface area contributed by atoms with Crippen LogP contribution in [0.15, 0.2) is 30.3 Å². The van der Waals surface area contributed by atoms with E-state index in [-0.39, 0.29) is 11.3 Å². The Morgan fingerprint density at radius 3 is 2.47 bits per heavy atom. The van der Waals surface area contributed by atoms with E-state index >= 15 is 0 Å². The van der Waals surface area contributed by atoms with Crippen LogP contribution in [-0.2, 0) is 4.79 Å². The predicted molar refractivity (Wildman–Crippen MR) is 70.6 cm³/mol. The van der Waals surface area contributed by atoms with Gasteiger partial charge in [-0.05, 0) is 6.07 Å². The van der Waals surface area contributed by atoms with Crippen molar-refractivity contribution in [2.24, 2.45) is 0 Å². The van der Waals surface area contributed by atoms with E-state index in [1.165, 1.54) is 6.07 Å². The summed E-state index contributed by atoms with van der Waals surface area (Å²) in [6.45, 7) is -0.525. The summed E-state index contributed by atoms with van der Waals surface area (Å²) < 4.78 is 0. The minimum Gasteiger partial charge on any atom is -0.506 e. The molecule has 0 aliphatic rings. The van der Waals surface area contributed by atoms with E-state index in [1.54, 1.807) is 24.3 Å². The van der Waals surface area contributed by atoms with Crippen LogP contribution in [0.4, 0.5) is 0 Å². The largest absolute Gasteiger partial charge is 0.506 e. The molecule has 6 heteroatoms. The van der Waals surface area contributed by atoms with Crippen molar-refractivity contribution in [2.45, 2.75) is 0 Å². The molecule has 98 valence electrons. The lowest BCUT2D eigenvalue weighted by Gasteiger charge is -2.09. The van der Waals surface area contributed by atoms with Gasteiger partial charge in [0.05, 0.1) is 5.56 Å². The standard InChI is InChI=1S/C13H10ClNO4/c14-10-5-9(13(19)15-6-11(16)17)12(18)8-4-2-1-3-7(8)10/h1-5,18H,6H2,(H,15,19)(H,16,17). The Hall–Kier alpha value is -2.27. The van der Waals surface area contributed by atoms with Crippen molar-refractivity contribution < 1.29 is 19.8 Å². The lowest BCUT2D eigenvalue weighted by molar-refractivity contribution is -0.135. The van der Waals surface area contributed by atoms with E-state index < -0.39 is 18.4 Å². The molecule has 0 atom stereocenters. The normalized spacial score (nSPS) is 10.4. The summed E-state index contributed by atoms with van der Waals surface area (Å²) >= 11 is 6.03. The number of hydrogen-bond donors (Lipinski definition) is 3. The van der Waals surface area contributed by atoms with E-state index in [2.05, 4.69) is 5.32 Å². The number of carbonyl (C=O) groups is 2. The summed E-state index contributed by atoms with van der Waals surface area (Å²) in [5.41, 5.74) is -0.0510. The van der Waals surface area contributed by atoms with Gasteiger partial charge in [-0.15, -0.1) is 0 Å². The highest BCUT2D eigenvalue weighted by molar-refractivity contribution is 6.36. The molecule has 2 rings (SSSR count). The molecular formula is C13H10ClNO4. The van der Waals surface area contributed by atoms with Crippen molar-refractivity contribution in [3.05, 3.63) is 40.9 Å². The predicted octanol–water partition coefficient (Wildman–Crippen LogP) is 2.01. The highest BCUT2D eigenvalue weighted by Gasteiger charge is 2.16. The third kappa shape index (κ3) is 2.61. The maximum Gasteiger partial charge on any atom is 0.322 e. The fraction of sp³-hybridized carbons (Fsp3) is 0.0769. The molecule has 0 aromatic heterocycles. The minimum atomic E-state index is -1.17. The molecule has 0 radical (unpaired) electrons. The third-order valence-corrected chi connectivity index (χ3v) is 2.92. The number of phenols is 1. The molecular weight excluding hydrogens is 270 g/mol. The van der Waals surface area contributed by atoms with E-state index in [0.29, 0.717) is 15.8 Å². The van der Waals surface area contributed by atoms with Gasteiger partial charge in [0.2, 0.25) is 0 Å². The van der Waals surface area contributed by atoms with Crippen LogP contribution >= 0.6 is 11.6 Å². The topological polar surface area (TPSA) is 86.6 Å². The van der Waals surface area contributed by atoms with Gasteiger partial charge in [-0.2, -0.15) is 0 Å². The number of amides is 1. The van der Waals surface area contributed by atoms with Crippen LogP contribution in [0.2, 0.25) is 5.02 Å². The van der Waals surface area contributed by atoms with Gasteiger partial charge in [0.15, 0.2) is 0 Å². The number of fused-ring (bicyclic) bond motifs is 1.